The van der Waals surface area contributed by atoms with E-state index in [4.69, 9.17) is 9.98 Å². The Morgan fingerprint density at radius 1 is 0.688 bits per heavy atom. The highest BCUT2D eigenvalue weighted by atomic mass is 32.2. The van der Waals surface area contributed by atoms with Crippen molar-refractivity contribution in [1.29, 1.82) is 0 Å². The van der Waals surface area contributed by atoms with Gasteiger partial charge in [0.2, 0.25) is 0 Å². The standard InChI is InChI=1S/C29H40N2S/c1-20(30-24-16-11-9-14-22(24)28(3,4)5)26-18-13-19-27(32-26)21(2)31-25-17-12-10-15-23(25)29(6,7)8/h9-12,14-17,26-27H,13,18-19H2,1-8H3. The van der Waals surface area contributed by atoms with Crippen LogP contribution in [0.15, 0.2) is 58.5 Å². The van der Waals surface area contributed by atoms with Gasteiger partial charge >= 0.3 is 0 Å². The molecule has 1 aliphatic rings. The van der Waals surface area contributed by atoms with Gasteiger partial charge in [0.05, 0.1) is 11.4 Å². The van der Waals surface area contributed by atoms with Crippen molar-refractivity contribution in [3.05, 3.63) is 59.7 Å². The van der Waals surface area contributed by atoms with Crippen molar-refractivity contribution in [3.8, 4) is 0 Å². The molecule has 2 aromatic rings. The Morgan fingerprint density at radius 2 is 1.06 bits per heavy atom. The van der Waals surface area contributed by atoms with E-state index in [2.05, 4.69) is 116 Å². The summed E-state index contributed by atoms with van der Waals surface area (Å²) in [5.74, 6) is 0. The first kappa shape index (κ1) is 24.8. The van der Waals surface area contributed by atoms with E-state index in [0.29, 0.717) is 10.5 Å². The lowest BCUT2D eigenvalue weighted by atomic mass is 9.86. The summed E-state index contributed by atoms with van der Waals surface area (Å²) in [6.07, 6.45) is 3.62. The molecule has 0 bridgehead atoms. The van der Waals surface area contributed by atoms with Crippen LogP contribution in [0.3, 0.4) is 0 Å². The number of thioether (sulfide) groups is 1. The number of hydrogen-bond acceptors (Lipinski definition) is 3. The molecule has 1 fully saturated rings. The number of aliphatic imine (C=N–C) groups is 2. The van der Waals surface area contributed by atoms with Gasteiger partial charge in [0.1, 0.15) is 0 Å². The van der Waals surface area contributed by atoms with Gasteiger partial charge in [-0.3, -0.25) is 9.98 Å². The molecule has 0 N–H and O–H groups in total. The van der Waals surface area contributed by atoms with Gasteiger partial charge in [0.25, 0.3) is 0 Å². The topological polar surface area (TPSA) is 24.7 Å². The Morgan fingerprint density at radius 3 is 1.44 bits per heavy atom. The fraction of sp³-hybridized carbons (Fsp3) is 0.517. The largest absolute Gasteiger partial charge is 0.257 e. The summed E-state index contributed by atoms with van der Waals surface area (Å²) < 4.78 is 0. The lowest BCUT2D eigenvalue weighted by Gasteiger charge is -2.29. The predicted octanol–water partition coefficient (Wildman–Crippen LogP) is 8.82. The molecular weight excluding hydrogens is 408 g/mol. The second-order valence-corrected chi connectivity index (χ2v) is 12.5. The molecule has 0 radical (unpaired) electrons. The number of benzene rings is 2. The van der Waals surface area contributed by atoms with Crippen LogP contribution in [0.25, 0.3) is 0 Å². The average molecular weight is 449 g/mol. The fourth-order valence-corrected chi connectivity index (χ4v) is 5.87. The maximum absolute atomic E-state index is 5.13. The molecular formula is C29H40N2S. The molecule has 1 aliphatic heterocycles. The minimum atomic E-state index is 0.0896. The summed E-state index contributed by atoms with van der Waals surface area (Å²) in [4.78, 5) is 10.3. The summed E-state index contributed by atoms with van der Waals surface area (Å²) in [7, 11) is 0. The van der Waals surface area contributed by atoms with Gasteiger partial charge in [-0.15, -0.1) is 11.8 Å². The van der Waals surface area contributed by atoms with Gasteiger partial charge in [0.15, 0.2) is 0 Å². The monoisotopic (exact) mass is 448 g/mol. The van der Waals surface area contributed by atoms with E-state index in [1.165, 1.54) is 41.8 Å². The van der Waals surface area contributed by atoms with Gasteiger partial charge in [0, 0.05) is 21.9 Å². The van der Waals surface area contributed by atoms with Gasteiger partial charge < -0.3 is 0 Å². The summed E-state index contributed by atoms with van der Waals surface area (Å²) in [6, 6.07) is 17.2. The SMILES string of the molecule is CC(=Nc1ccccc1C(C)(C)C)C1CCCC(C(C)=Nc2ccccc2C(C)(C)C)S1. The molecule has 2 unspecified atom stereocenters. The third-order valence-corrected chi connectivity index (χ3v) is 8.02. The van der Waals surface area contributed by atoms with Crippen LogP contribution in [-0.2, 0) is 10.8 Å². The van der Waals surface area contributed by atoms with Crippen LogP contribution in [-0.4, -0.2) is 21.9 Å². The number of para-hydroxylation sites is 2. The zero-order chi connectivity index (χ0) is 23.5. The molecule has 1 heterocycles. The molecule has 3 heteroatoms. The van der Waals surface area contributed by atoms with Gasteiger partial charge in [-0.25, -0.2) is 0 Å². The highest BCUT2D eigenvalue weighted by molar-refractivity contribution is 8.02. The molecule has 0 amide bonds. The Hall–Kier alpha value is -1.87. The van der Waals surface area contributed by atoms with Crippen molar-refractivity contribution in [1.82, 2.24) is 0 Å². The summed E-state index contributed by atoms with van der Waals surface area (Å²) >= 11 is 2.05. The van der Waals surface area contributed by atoms with Crippen LogP contribution >= 0.6 is 11.8 Å². The highest BCUT2D eigenvalue weighted by Crippen LogP contribution is 2.38. The smallest absolute Gasteiger partial charge is 0.0666 e. The van der Waals surface area contributed by atoms with E-state index in [9.17, 15) is 0 Å². The fourth-order valence-electron chi connectivity index (χ4n) is 4.37. The van der Waals surface area contributed by atoms with Gasteiger partial charge in [-0.05, 0) is 60.8 Å². The Bertz CT molecular complexity index is 909. The molecule has 172 valence electrons. The molecule has 0 saturated carbocycles. The molecule has 2 nitrogen and oxygen atoms in total. The van der Waals surface area contributed by atoms with Crippen molar-refractivity contribution < 1.29 is 0 Å². The summed E-state index contributed by atoms with van der Waals surface area (Å²) in [6.45, 7) is 18.0. The minimum Gasteiger partial charge on any atom is -0.257 e. The minimum absolute atomic E-state index is 0.0896. The zero-order valence-corrected chi connectivity index (χ0v) is 22.0. The quantitative estimate of drug-likeness (QED) is 0.429. The zero-order valence-electron chi connectivity index (χ0n) is 21.2. The van der Waals surface area contributed by atoms with Crippen LogP contribution in [0.2, 0.25) is 0 Å². The van der Waals surface area contributed by atoms with Crippen molar-refractivity contribution >= 4 is 34.6 Å². The van der Waals surface area contributed by atoms with Gasteiger partial charge in [-0.1, -0.05) is 84.4 Å². The second-order valence-electron chi connectivity index (χ2n) is 11.1. The third kappa shape index (κ3) is 6.13. The molecule has 0 spiro atoms. The Kier molecular flexibility index (Phi) is 7.70. The van der Waals surface area contributed by atoms with E-state index < -0.39 is 0 Å². The first-order valence-electron chi connectivity index (χ1n) is 11.9. The number of nitrogens with zero attached hydrogens (tertiary/aromatic N) is 2. The van der Waals surface area contributed by atoms with Crippen LogP contribution in [0.4, 0.5) is 11.4 Å². The molecule has 2 aromatic carbocycles. The van der Waals surface area contributed by atoms with Crippen LogP contribution in [0, 0.1) is 0 Å². The molecule has 3 rings (SSSR count). The lowest BCUT2D eigenvalue weighted by molar-refractivity contribution is 0.591. The molecule has 0 aliphatic carbocycles. The van der Waals surface area contributed by atoms with Crippen LogP contribution < -0.4 is 0 Å². The molecule has 32 heavy (non-hydrogen) atoms. The second kappa shape index (κ2) is 9.95. The van der Waals surface area contributed by atoms with E-state index in [1.54, 1.807) is 0 Å². The van der Waals surface area contributed by atoms with Crippen molar-refractivity contribution in [2.45, 2.75) is 96.0 Å². The first-order valence-corrected chi connectivity index (χ1v) is 12.9. The van der Waals surface area contributed by atoms with E-state index in [-0.39, 0.29) is 10.8 Å². The van der Waals surface area contributed by atoms with Crippen molar-refractivity contribution in [2.24, 2.45) is 9.98 Å². The maximum Gasteiger partial charge on any atom is 0.0666 e. The Labute approximate surface area is 200 Å². The maximum atomic E-state index is 5.13. The normalized spacial score (nSPS) is 21.0. The molecule has 1 saturated heterocycles. The van der Waals surface area contributed by atoms with Gasteiger partial charge in [-0.2, -0.15) is 0 Å². The van der Waals surface area contributed by atoms with Crippen LogP contribution in [0.5, 0.6) is 0 Å². The number of hydrogen-bond donors (Lipinski definition) is 0. The summed E-state index contributed by atoms with van der Waals surface area (Å²) in [5, 5.41) is 0.898. The lowest BCUT2D eigenvalue weighted by Crippen LogP contribution is -2.27. The van der Waals surface area contributed by atoms with E-state index >= 15 is 0 Å². The highest BCUT2D eigenvalue weighted by Gasteiger charge is 2.27. The van der Waals surface area contributed by atoms with Crippen molar-refractivity contribution in [3.63, 3.8) is 0 Å². The number of rotatable bonds is 4. The third-order valence-electron chi connectivity index (χ3n) is 6.21. The molecule has 0 aromatic heterocycles. The van der Waals surface area contributed by atoms with Crippen LogP contribution in [0.1, 0.15) is 85.8 Å². The average Bonchev–Trinajstić information content (AvgIpc) is 2.73. The van der Waals surface area contributed by atoms with Crippen molar-refractivity contribution in [2.75, 3.05) is 0 Å². The van der Waals surface area contributed by atoms with E-state index in [0.717, 1.165) is 11.4 Å². The Balaban J connectivity index is 1.82. The molecule has 2 atom stereocenters. The first-order chi connectivity index (χ1) is 15.0. The van der Waals surface area contributed by atoms with E-state index in [1.807, 2.05) is 0 Å². The summed E-state index contributed by atoms with van der Waals surface area (Å²) in [5.41, 5.74) is 7.51. The predicted molar refractivity (Wildman–Crippen MR) is 145 cm³/mol.